The van der Waals surface area contributed by atoms with E-state index in [2.05, 4.69) is 7.05 Å². The maximum atomic E-state index is 12.5. The molecule has 3 rings (SSSR count). The minimum absolute atomic E-state index is 0.0726. The first-order chi connectivity index (χ1) is 9.72. The molecule has 3 heterocycles. The molecule has 1 N–H and O–H groups in total. The Morgan fingerprint density at radius 3 is 1.90 bits per heavy atom. The minimum atomic E-state index is 0.0726. The van der Waals surface area contributed by atoms with Crippen LogP contribution in [0.1, 0.15) is 11.5 Å². The summed E-state index contributed by atoms with van der Waals surface area (Å²) < 4.78 is 10.6. The van der Waals surface area contributed by atoms with E-state index in [9.17, 15) is 4.79 Å². The first-order valence-corrected chi connectivity index (χ1v) is 6.56. The number of rotatable bonds is 2. The molecule has 4 nitrogen and oxygen atoms in total. The summed E-state index contributed by atoms with van der Waals surface area (Å²) in [5, 5.41) is 0. The highest BCUT2D eigenvalue weighted by molar-refractivity contribution is 6.13. The van der Waals surface area contributed by atoms with Gasteiger partial charge in [-0.25, -0.2) is 0 Å². The van der Waals surface area contributed by atoms with Crippen LogP contribution >= 0.6 is 0 Å². The van der Waals surface area contributed by atoms with Crippen molar-refractivity contribution in [1.82, 2.24) is 0 Å². The number of carbonyl (C=O) groups is 1. The van der Waals surface area contributed by atoms with Gasteiger partial charge in [0.05, 0.1) is 30.7 Å². The summed E-state index contributed by atoms with van der Waals surface area (Å²) in [7, 11) is 2.07. The second-order valence-electron chi connectivity index (χ2n) is 5.01. The largest absolute Gasteiger partial charge is 0.465 e. The highest BCUT2D eigenvalue weighted by Gasteiger charge is 2.27. The third kappa shape index (κ3) is 2.65. The third-order valence-electron chi connectivity index (χ3n) is 3.29. The van der Waals surface area contributed by atoms with Crippen LogP contribution in [0.25, 0.3) is 12.2 Å². The second kappa shape index (κ2) is 5.35. The molecule has 0 aromatic carbocycles. The molecular formula is C16H16NO3+. The number of nitrogens with one attached hydrogen (secondary N) is 1. The molecule has 4 heteroatoms. The van der Waals surface area contributed by atoms with E-state index in [1.165, 1.54) is 4.90 Å². The summed E-state index contributed by atoms with van der Waals surface area (Å²) in [6, 6.07) is 7.33. The third-order valence-corrected chi connectivity index (χ3v) is 3.29. The number of likely N-dealkylation sites (tertiary alicyclic amines) is 1. The molecular weight excluding hydrogens is 254 g/mol. The van der Waals surface area contributed by atoms with Crippen molar-refractivity contribution in [2.24, 2.45) is 0 Å². The maximum Gasteiger partial charge on any atom is 0.196 e. The van der Waals surface area contributed by atoms with Crippen LogP contribution in [0.15, 0.2) is 56.8 Å². The number of hydrogen-bond donors (Lipinski definition) is 1. The molecule has 0 saturated carbocycles. The number of ketones is 1. The number of carbonyl (C=O) groups excluding carboxylic acids is 1. The van der Waals surface area contributed by atoms with Crippen molar-refractivity contribution < 1.29 is 18.5 Å². The van der Waals surface area contributed by atoms with E-state index < -0.39 is 0 Å². The van der Waals surface area contributed by atoms with Crippen molar-refractivity contribution in [2.45, 2.75) is 0 Å². The van der Waals surface area contributed by atoms with Crippen molar-refractivity contribution >= 4 is 17.9 Å². The number of piperidine rings is 1. The Labute approximate surface area is 117 Å². The van der Waals surface area contributed by atoms with Gasteiger partial charge in [-0.05, 0) is 36.4 Å². The zero-order chi connectivity index (χ0) is 13.9. The maximum absolute atomic E-state index is 12.5. The lowest BCUT2D eigenvalue weighted by Gasteiger charge is -2.22. The van der Waals surface area contributed by atoms with E-state index in [4.69, 9.17) is 8.83 Å². The number of Topliss-reactive ketones (excluding diaryl/α,β-unsaturated/α-hetero) is 1. The summed E-state index contributed by atoms with van der Waals surface area (Å²) in [6.45, 7) is 1.41. The van der Waals surface area contributed by atoms with Crippen LogP contribution in [0.3, 0.4) is 0 Å². The quantitative estimate of drug-likeness (QED) is 0.840. The van der Waals surface area contributed by atoms with Crippen LogP contribution < -0.4 is 4.90 Å². The van der Waals surface area contributed by atoms with E-state index in [-0.39, 0.29) is 5.78 Å². The standard InChI is InChI=1S/C16H15NO3/c1-17-10-12(8-14-4-2-6-19-14)16(18)13(11-17)9-15-5-3-7-20-15/h2-9H,10-11H2,1H3/p+1/b12-8+,13-9+. The SMILES string of the molecule is C[NH+]1C/C(=C\c2ccco2)C(=O)/C(=C/c2ccco2)C1. The molecule has 1 aliphatic heterocycles. The Morgan fingerprint density at radius 1 is 1.00 bits per heavy atom. The fourth-order valence-corrected chi connectivity index (χ4v) is 2.40. The van der Waals surface area contributed by atoms with Crippen LogP contribution in [0, 0.1) is 0 Å². The Kier molecular flexibility index (Phi) is 3.39. The van der Waals surface area contributed by atoms with Crippen molar-refractivity contribution in [3.8, 4) is 0 Å². The van der Waals surface area contributed by atoms with Gasteiger partial charge in [0.1, 0.15) is 24.6 Å². The van der Waals surface area contributed by atoms with Gasteiger partial charge >= 0.3 is 0 Å². The predicted octanol–water partition coefficient (Wildman–Crippen LogP) is 1.44. The second-order valence-corrected chi connectivity index (χ2v) is 5.01. The van der Waals surface area contributed by atoms with Gasteiger partial charge in [0.15, 0.2) is 5.78 Å². The van der Waals surface area contributed by atoms with Gasteiger partial charge < -0.3 is 13.7 Å². The molecule has 1 saturated heterocycles. The molecule has 102 valence electrons. The van der Waals surface area contributed by atoms with Gasteiger partial charge in [-0.3, -0.25) is 4.79 Å². The van der Waals surface area contributed by atoms with Crippen molar-refractivity contribution in [2.75, 3.05) is 20.1 Å². The molecule has 1 fully saturated rings. The van der Waals surface area contributed by atoms with E-state index in [0.717, 1.165) is 11.1 Å². The predicted molar refractivity (Wildman–Crippen MR) is 75.0 cm³/mol. The molecule has 0 aliphatic carbocycles. The lowest BCUT2D eigenvalue weighted by atomic mass is 9.96. The Bertz CT molecular complexity index is 592. The highest BCUT2D eigenvalue weighted by Crippen LogP contribution is 2.16. The van der Waals surface area contributed by atoms with E-state index in [1.54, 1.807) is 12.5 Å². The lowest BCUT2D eigenvalue weighted by molar-refractivity contribution is -0.870. The zero-order valence-corrected chi connectivity index (χ0v) is 11.3. The van der Waals surface area contributed by atoms with Crippen molar-refractivity contribution in [3.63, 3.8) is 0 Å². The summed E-state index contributed by atoms with van der Waals surface area (Å²) in [4.78, 5) is 13.8. The molecule has 0 radical (unpaired) electrons. The molecule has 0 atom stereocenters. The smallest absolute Gasteiger partial charge is 0.196 e. The minimum Gasteiger partial charge on any atom is -0.465 e. The van der Waals surface area contributed by atoms with Crippen LogP contribution in [-0.2, 0) is 4.79 Å². The lowest BCUT2D eigenvalue weighted by Crippen LogP contribution is -3.10. The summed E-state index contributed by atoms with van der Waals surface area (Å²) in [5.41, 5.74) is 1.53. The highest BCUT2D eigenvalue weighted by atomic mass is 16.3. The average Bonchev–Trinajstić information content (AvgIpc) is 3.08. The monoisotopic (exact) mass is 270 g/mol. The Morgan fingerprint density at radius 2 is 1.50 bits per heavy atom. The molecule has 0 bridgehead atoms. The molecule has 2 aromatic rings. The van der Waals surface area contributed by atoms with Gasteiger partial charge in [0.25, 0.3) is 0 Å². The van der Waals surface area contributed by atoms with Gasteiger partial charge in [-0.2, -0.15) is 0 Å². The summed E-state index contributed by atoms with van der Waals surface area (Å²) >= 11 is 0. The van der Waals surface area contributed by atoms with Crippen LogP contribution in [0.4, 0.5) is 0 Å². The van der Waals surface area contributed by atoms with Crippen molar-refractivity contribution in [3.05, 3.63) is 59.5 Å². The number of furan rings is 2. The fourth-order valence-electron chi connectivity index (χ4n) is 2.40. The normalized spacial score (nSPS) is 23.6. The van der Waals surface area contributed by atoms with Gasteiger partial charge in [-0.1, -0.05) is 0 Å². The molecule has 0 unspecified atom stereocenters. The van der Waals surface area contributed by atoms with E-state index >= 15 is 0 Å². The molecule has 0 amide bonds. The Hall–Kier alpha value is -2.33. The topological polar surface area (TPSA) is 47.8 Å². The number of quaternary nitrogens is 1. The summed E-state index contributed by atoms with van der Waals surface area (Å²) in [5.74, 6) is 1.49. The first-order valence-electron chi connectivity index (χ1n) is 6.56. The van der Waals surface area contributed by atoms with Crippen molar-refractivity contribution in [1.29, 1.82) is 0 Å². The molecule has 2 aromatic heterocycles. The number of likely N-dealkylation sites (N-methyl/N-ethyl adjacent to an activating group) is 1. The fraction of sp³-hybridized carbons (Fsp3) is 0.188. The average molecular weight is 270 g/mol. The van der Waals surface area contributed by atoms with Gasteiger partial charge in [0.2, 0.25) is 0 Å². The first kappa shape index (κ1) is 12.7. The van der Waals surface area contributed by atoms with Crippen LogP contribution in [0.5, 0.6) is 0 Å². The molecule has 1 aliphatic rings. The van der Waals surface area contributed by atoms with Gasteiger partial charge in [-0.15, -0.1) is 0 Å². The molecule has 20 heavy (non-hydrogen) atoms. The number of hydrogen-bond acceptors (Lipinski definition) is 3. The summed E-state index contributed by atoms with van der Waals surface area (Å²) in [6.07, 6.45) is 6.85. The van der Waals surface area contributed by atoms with Crippen LogP contribution in [0.2, 0.25) is 0 Å². The van der Waals surface area contributed by atoms with E-state index in [1.807, 2.05) is 36.4 Å². The van der Waals surface area contributed by atoms with Gasteiger partial charge in [0, 0.05) is 0 Å². The zero-order valence-electron chi connectivity index (χ0n) is 11.3. The van der Waals surface area contributed by atoms with Crippen LogP contribution in [-0.4, -0.2) is 25.9 Å². The Balaban J connectivity index is 1.92. The van der Waals surface area contributed by atoms with E-state index in [0.29, 0.717) is 24.6 Å². The molecule has 0 spiro atoms.